The SMILES string of the molecule is COc1cc(C(=N)c2c(N)ncnc2Nc2cccc(N(C)C(=O)/C=C/CN(C)C3CCC3)c2)ccc1C. The summed E-state index contributed by atoms with van der Waals surface area (Å²) < 4.78 is 5.42. The summed E-state index contributed by atoms with van der Waals surface area (Å²) in [5.74, 6) is 1.16. The number of carbonyl (C=O) groups excluding carboxylic acids is 1. The molecule has 4 N–H and O–H groups in total. The number of carbonyl (C=O) groups is 1. The summed E-state index contributed by atoms with van der Waals surface area (Å²) in [5.41, 5.74) is 9.77. The Morgan fingerprint density at radius 1 is 1.21 bits per heavy atom. The molecule has 0 unspecified atom stereocenters. The van der Waals surface area contributed by atoms with Gasteiger partial charge in [0, 0.05) is 42.6 Å². The smallest absolute Gasteiger partial charge is 0.250 e. The minimum absolute atomic E-state index is 0.105. The Labute approximate surface area is 223 Å². The van der Waals surface area contributed by atoms with Crippen molar-refractivity contribution in [3.8, 4) is 5.75 Å². The third-order valence-electron chi connectivity index (χ3n) is 7.00. The number of aryl methyl sites for hydroxylation is 1. The van der Waals surface area contributed by atoms with Crippen LogP contribution in [0.15, 0.2) is 60.9 Å². The molecule has 2 aromatic carbocycles. The number of benzene rings is 2. The van der Waals surface area contributed by atoms with E-state index in [4.69, 9.17) is 15.9 Å². The van der Waals surface area contributed by atoms with Crippen LogP contribution in [0.4, 0.5) is 23.0 Å². The van der Waals surface area contributed by atoms with Crippen LogP contribution in [0.3, 0.4) is 0 Å². The summed E-state index contributed by atoms with van der Waals surface area (Å²) in [6.45, 7) is 2.69. The van der Waals surface area contributed by atoms with Gasteiger partial charge in [-0.3, -0.25) is 15.1 Å². The van der Waals surface area contributed by atoms with Crippen molar-refractivity contribution in [3.63, 3.8) is 0 Å². The molecule has 198 valence electrons. The highest BCUT2D eigenvalue weighted by atomic mass is 16.5. The predicted octanol–water partition coefficient (Wildman–Crippen LogP) is 4.54. The van der Waals surface area contributed by atoms with Gasteiger partial charge in [0.05, 0.1) is 18.4 Å². The Morgan fingerprint density at radius 2 is 2.00 bits per heavy atom. The van der Waals surface area contributed by atoms with Gasteiger partial charge in [-0.05, 0) is 56.6 Å². The second-order valence-electron chi connectivity index (χ2n) is 9.54. The molecule has 0 radical (unpaired) electrons. The zero-order valence-electron chi connectivity index (χ0n) is 22.4. The van der Waals surface area contributed by atoms with Crippen molar-refractivity contribution >= 4 is 34.6 Å². The van der Waals surface area contributed by atoms with Crippen molar-refractivity contribution in [1.82, 2.24) is 14.9 Å². The molecule has 4 rings (SSSR count). The van der Waals surface area contributed by atoms with Gasteiger partial charge in [-0.15, -0.1) is 0 Å². The van der Waals surface area contributed by atoms with Crippen LogP contribution >= 0.6 is 0 Å². The summed E-state index contributed by atoms with van der Waals surface area (Å²) in [6, 6.07) is 13.6. The van der Waals surface area contributed by atoms with Crippen LogP contribution in [-0.2, 0) is 4.79 Å². The molecular formula is C29H35N7O2. The lowest BCUT2D eigenvalue weighted by Gasteiger charge is -2.33. The third-order valence-corrected chi connectivity index (χ3v) is 7.00. The molecular weight excluding hydrogens is 478 g/mol. The molecule has 9 nitrogen and oxygen atoms in total. The minimum atomic E-state index is -0.105. The normalized spacial score (nSPS) is 13.4. The first-order valence-corrected chi connectivity index (χ1v) is 12.6. The predicted molar refractivity (Wildman–Crippen MR) is 153 cm³/mol. The first kappa shape index (κ1) is 26.8. The highest BCUT2D eigenvalue weighted by Crippen LogP contribution is 2.29. The number of nitrogens with two attached hydrogens (primary N) is 1. The largest absolute Gasteiger partial charge is 0.496 e. The van der Waals surface area contributed by atoms with Crippen molar-refractivity contribution in [2.24, 2.45) is 0 Å². The maximum absolute atomic E-state index is 12.8. The molecule has 1 amide bonds. The van der Waals surface area contributed by atoms with Crippen molar-refractivity contribution in [2.45, 2.75) is 32.2 Å². The van der Waals surface area contributed by atoms with E-state index in [0.29, 0.717) is 34.4 Å². The van der Waals surface area contributed by atoms with E-state index in [9.17, 15) is 4.79 Å². The quantitative estimate of drug-likeness (QED) is 0.269. The lowest BCUT2D eigenvalue weighted by atomic mass is 9.92. The van der Waals surface area contributed by atoms with Crippen LogP contribution in [0.5, 0.6) is 5.75 Å². The van der Waals surface area contributed by atoms with Crippen LogP contribution < -0.4 is 20.7 Å². The standard InChI is InChI=1S/C29H35N7O2/c1-19-13-14-20(16-24(19)38-4)27(30)26-28(31)32-18-33-29(26)34-21-8-5-11-23(17-21)36(3)25(37)12-7-15-35(2)22-9-6-10-22/h5,7-8,11-14,16-18,22,30H,6,9-10,15H2,1-4H3,(H3,31,32,33,34)/b12-7+,30-27?. The molecule has 0 saturated heterocycles. The van der Waals surface area contributed by atoms with Gasteiger partial charge in [0.2, 0.25) is 5.91 Å². The number of ether oxygens (including phenoxy) is 1. The number of methoxy groups -OCH3 is 1. The van der Waals surface area contributed by atoms with Gasteiger partial charge in [-0.1, -0.05) is 30.7 Å². The van der Waals surface area contributed by atoms with E-state index in [1.165, 1.54) is 25.6 Å². The number of nitrogens with one attached hydrogen (secondary N) is 2. The van der Waals surface area contributed by atoms with Gasteiger partial charge < -0.3 is 20.7 Å². The molecule has 0 atom stereocenters. The molecule has 9 heteroatoms. The first-order valence-electron chi connectivity index (χ1n) is 12.6. The van der Waals surface area contributed by atoms with Crippen LogP contribution in [0.2, 0.25) is 0 Å². The lowest BCUT2D eigenvalue weighted by molar-refractivity contribution is -0.113. The Hall–Kier alpha value is -4.24. The molecule has 1 heterocycles. The number of nitrogens with zero attached hydrogens (tertiary/aromatic N) is 4. The van der Waals surface area contributed by atoms with E-state index in [0.717, 1.165) is 17.8 Å². The van der Waals surface area contributed by atoms with E-state index >= 15 is 0 Å². The second kappa shape index (κ2) is 11.9. The molecule has 0 aliphatic heterocycles. The molecule has 1 aliphatic rings. The molecule has 38 heavy (non-hydrogen) atoms. The number of aromatic nitrogens is 2. The van der Waals surface area contributed by atoms with Crippen molar-refractivity contribution in [1.29, 1.82) is 5.41 Å². The van der Waals surface area contributed by atoms with Crippen molar-refractivity contribution in [3.05, 3.63) is 77.6 Å². The zero-order valence-corrected chi connectivity index (χ0v) is 22.4. The molecule has 1 aliphatic carbocycles. The van der Waals surface area contributed by atoms with Crippen molar-refractivity contribution in [2.75, 3.05) is 43.7 Å². The van der Waals surface area contributed by atoms with Crippen LogP contribution in [0.1, 0.15) is 36.0 Å². The van der Waals surface area contributed by atoms with E-state index in [-0.39, 0.29) is 17.4 Å². The van der Waals surface area contributed by atoms with E-state index in [1.807, 2.05) is 49.4 Å². The molecule has 1 aromatic heterocycles. The lowest BCUT2D eigenvalue weighted by Crippen LogP contribution is -2.37. The Kier molecular flexibility index (Phi) is 8.38. The van der Waals surface area contributed by atoms with E-state index in [1.54, 1.807) is 31.2 Å². The van der Waals surface area contributed by atoms with Gasteiger partial charge in [-0.2, -0.15) is 0 Å². The summed E-state index contributed by atoms with van der Waals surface area (Å²) in [5, 5.41) is 12.1. The number of likely N-dealkylation sites (N-methyl/N-ethyl adjacent to an activating group) is 2. The molecule has 0 bridgehead atoms. The Bertz CT molecular complexity index is 1350. The van der Waals surface area contributed by atoms with Crippen molar-refractivity contribution < 1.29 is 9.53 Å². The zero-order chi connectivity index (χ0) is 27.2. The second-order valence-corrected chi connectivity index (χ2v) is 9.54. The number of anilines is 4. The average molecular weight is 514 g/mol. The molecule has 0 spiro atoms. The highest BCUT2D eigenvalue weighted by molar-refractivity contribution is 6.16. The fraction of sp³-hybridized carbons (Fsp3) is 0.310. The number of nitrogen functional groups attached to an aromatic ring is 1. The van der Waals surface area contributed by atoms with Gasteiger partial charge in [0.1, 0.15) is 23.7 Å². The maximum atomic E-state index is 12.8. The van der Waals surface area contributed by atoms with Crippen LogP contribution in [0, 0.1) is 12.3 Å². The molecule has 1 saturated carbocycles. The topological polar surface area (TPSA) is 120 Å². The monoisotopic (exact) mass is 513 g/mol. The van der Waals surface area contributed by atoms with Gasteiger partial charge in [-0.25, -0.2) is 9.97 Å². The van der Waals surface area contributed by atoms with Gasteiger partial charge in [0.25, 0.3) is 0 Å². The Balaban J connectivity index is 1.51. The summed E-state index contributed by atoms with van der Waals surface area (Å²) in [7, 11) is 5.44. The van der Waals surface area contributed by atoms with E-state index in [2.05, 4.69) is 27.2 Å². The van der Waals surface area contributed by atoms with Crippen LogP contribution in [0.25, 0.3) is 0 Å². The first-order chi connectivity index (χ1) is 18.3. The number of amides is 1. The Morgan fingerprint density at radius 3 is 2.71 bits per heavy atom. The number of hydrogen-bond donors (Lipinski definition) is 3. The summed E-state index contributed by atoms with van der Waals surface area (Å²) in [6.07, 6.45) is 8.65. The molecule has 1 fully saturated rings. The fourth-order valence-corrected chi connectivity index (χ4v) is 4.32. The molecule has 3 aromatic rings. The summed E-state index contributed by atoms with van der Waals surface area (Å²) in [4.78, 5) is 25.1. The fourth-order valence-electron chi connectivity index (χ4n) is 4.32. The highest BCUT2D eigenvalue weighted by Gasteiger charge is 2.21. The number of rotatable bonds is 10. The summed E-state index contributed by atoms with van der Waals surface area (Å²) >= 11 is 0. The third kappa shape index (κ3) is 6.00. The van der Waals surface area contributed by atoms with Crippen LogP contribution in [-0.4, -0.2) is 60.3 Å². The minimum Gasteiger partial charge on any atom is -0.496 e. The van der Waals surface area contributed by atoms with Gasteiger partial charge in [0.15, 0.2) is 0 Å². The number of hydrogen-bond acceptors (Lipinski definition) is 8. The average Bonchev–Trinajstić information content (AvgIpc) is 2.87. The van der Waals surface area contributed by atoms with E-state index < -0.39 is 0 Å². The van der Waals surface area contributed by atoms with Gasteiger partial charge >= 0.3 is 0 Å². The maximum Gasteiger partial charge on any atom is 0.250 e.